The molecule has 2 aromatic carbocycles. The third-order valence-corrected chi connectivity index (χ3v) is 3.71. The van der Waals surface area contributed by atoms with Gasteiger partial charge in [-0.2, -0.15) is 0 Å². The van der Waals surface area contributed by atoms with Gasteiger partial charge in [-0.3, -0.25) is 4.79 Å². The lowest BCUT2D eigenvalue weighted by molar-refractivity contribution is -0.115. The number of aliphatic imine (C=N–C) groups is 1. The van der Waals surface area contributed by atoms with Gasteiger partial charge in [-0.25, -0.2) is 14.3 Å². The van der Waals surface area contributed by atoms with Crippen molar-refractivity contribution in [2.45, 2.75) is 0 Å². The second-order valence-electron chi connectivity index (χ2n) is 5.33. The standard InChI is InChI=1S/C17H14FN3O3/c18-11-1-3-12(4-2-11)20-17-19-10-16(22)21(17)13-5-6-14-15(9-13)24-8-7-23-14/h1-6,9H,7-8,10H2,(H,19,20). The van der Waals surface area contributed by atoms with E-state index >= 15 is 0 Å². The van der Waals surface area contributed by atoms with Gasteiger partial charge in [0.2, 0.25) is 5.96 Å². The molecule has 0 aliphatic carbocycles. The molecule has 0 saturated heterocycles. The third kappa shape index (κ3) is 2.64. The molecule has 0 unspecified atom stereocenters. The van der Waals surface area contributed by atoms with Crippen LogP contribution in [0.25, 0.3) is 0 Å². The van der Waals surface area contributed by atoms with E-state index in [1.54, 1.807) is 30.3 Å². The first-order valence-corrected chi connectivity index (χ1v) is 7.50. The Labute approximate surface area is 137 Å². The quantitative estimate of drug-likeness (QED) is 0.920. The van der Waals surface area contributed by atoms with Gasteiger partial charge >= 0.3 is 0 Å². The van der Waals surface area contributed by atoms with Crippen molar-refractivity contribution in [2.24, 2.45) is 4.99 Å². The molecular formula is C17H14FN3O3. The smallest absolute Gasteiger partial charge is 0.255 e. The molecule has 0 radical (unpaired) electrons. The highest BCUT2D eigenvalue weighted by atomic mass is 19.1. The topological polar surface area (TPSA) is 63.2 Å². The molecule has 2 aliphatic rings. The molecule has 0 fully saturated rings. The van der Waals surface area contributed by atoms with Crippen molar-refractivity contribution in [3.8, 4) is 11.5 Å². The number of hydrogen-bond donors (Lipinski definition) is 1. The number of rotatable bonds is 2. The fourth-order valence-electron chi connectivity index (χ4n) is 2.60. The van der Waals surface area contributed by atoms with Crippen molar-refractivity contribution in [1.29, 1.82) is 0 Å². The van der Waals surface area contributed by atoms with Crippen molar-refractivity contribution in [3.63, 3.8) is 0 Å². The maximum Gasteiger partial charge on any atom is 0.255 e. The molecule has 0 atom stereocenters. The van der Waals surface area contributed by atoms with Crippen LogP contribution in [0.2, 0.25) is 0 Å². The van der Waals surface area contributed by atoms with Gasteiger partial charge in [0.1, 0.15) is 25.6 Å². The fraction of sp³-hybridized carbons (Fsp3) is 0.176. The summed E-state index contributed by atoms with van der Waals surface area (Å²) in [5, 5.41) is 3.04. The number of nitrogens with one attached hydrogen (secondary N) is 1. The van der Waals surface area contributed by atoms with Gasteiger partial charge in [-0.15, -0.1) is 0 Å². The summed E-state index contributed by atoms with van der Waals surface area (Å²) in [7, 11) is 0. The summed E-state index contributed by atoms with van der Waals surface area (Å²) in [5.41, 5.74) is 1.28. The van der Waals surface area contributed by atoms with Crippen molar-refractivity contribution in [1.82, 2.24) is 0 Å². The highest BCUT2D eigenvalue weighted by Crippen LogP contribution is 2.34. The molecular weight excluding hydrogens is 313 g/mol. The van der Waals surface area contributed by atoms with Crippen LogP contribution in [-0.4, -0.2) is 31.6 Å². The molecule has 0 aromatic heterocycles. The monoisotopic (exact) mass is 327 g/mol. The van der Waals surface area contributed by atoms with Crippen LogP contribution in [0, 0.1) is 5.82 Å². The molecule has 24 heavy (non-hydrogen) atoms. The second kappa shape index (κ2) is 5.84. The van der Waals surface area contributed by atoms with Gasteiger partial charge < -0.3 is 14.8 Å². The first-order chi connectivity index (χ1) is 11.7. The molecule has 2 heterocycles. The first-order valence-electron chi connectivity index (χ1n) is 7.50. The Morgan fingerprint density at radius 2 is 1.79 bits per heavy atom. The van der Waals surface area contributed by atoms with Gasteiger partial charge in [0.25, 0.3) is 5.91 Å². The zero-order valence-electron chi connectivity index (χ0n) is 12.7. The average Bonchev–Trinajstić information content (AvgIpc) is 2.97. The molecule has 2 aliphatic heterocycles. The molecule has 122 valence electrons. The minimum atomic E-state index is -0.325. The van der Waals surface area contributed by atoms with E-state index in [0.717, 1.165) is 0 Å². The van der Waals surface area contributed by atoms with E-state index in [0.29, 0.717) is 42.0 Å². The van der Waals surface area contributed by atoms with Gasteiger partial charge in [0.15, 0.2) is 11.5 Å². The SMILES string of the molecule is O=C1CN=C(Nc2ccc(F)cc2)N1c1ccc2c(c1)OCCO2. The number of halogens is 1. The summed E-state index contributed by atoms with van der Waals surface area (Å²) >= 11 is 0. The van der Waals surface area contributed by atoms with Gasteiger partial charge in [0.05, 0.1) is 5.69 Å². The number of guanidine groups is 1. The van der Waals surface area contributed by atoms with Crippen LogP contribution in [0.4, 0.5) is 15.8 Å². The maximum absolute atomic E-state index is 13.0. The second-order valence-corrected chi connectivity index (χ2v) is 5.33. The minimum Gasteiger partial charge on any atom is -0.486 e. The van der Waals surface area contributed by atoms with Crippen LogP contribution in [0.1, 0.15) is 0 Å². The lowest BCUT2D eigenvalue weighted by Crippen LogP contribution is -2.37. The maximum atomic E-state index is 13.0. The summed E-state index contributed by atoms with van der Waals surface area (Å²) in [6.07, 6.45) is 0. The fourth-order valence-corrected chi connectivity index (χ4v) is 2.60. The number of anilines is 2. The number of fused-ring (bicyclic) bond motifs is 1. The van der Waals surface area contributed by atoms with Gasteiger partial charge in [-0.05, 0) is 36.4 Å². The zero-order valence-corrected chi connectivity index (χ0v) is 12.7. The summed E-state index contributed by atoms with van der Waals surface area (Å²) in [5.74, 6) is 1.16. The largest absolute Gasteiger partial charge is 0.486 e. The Morgan fingerprint density at radius 3 is 2.58 bits per heavy atom. The van der Waals surface area contributed by atoms with Crippen LogP contribution < -0.4 is 19.7 Å². The van der Waals surface area contributed by atoms with Crippen molar-refractivity contribution in [2.75, 3.05) is 30.0 Å². The number of nitrogens with zero attached hydrogens (tertiary/aromatic N) is 2. The van der Waals surface area contributed by atoms with Crippen LogP contribution >= 0.6 is 0 Å². The number of hydrogen-bond acceptors (Lipinski definition) is 5. The summed E-state index contributed by atoms with van der Waals surface area (Å²) in [4.78, 5) is 17.9. The van der Waals surface area contributed by atoms with Crippen LogP contribution in [0.5, 0.6) is 11.5 Å². The molecule has 6 nitrogen and oxygen atoms in total. The third-order valence-electron chi connectivity index (χ3n) is 3.71. The van der Waals surface area contributed by atoms with Gasteiger partial charge in [-0.1, -0.05) is 0 Å². The predicted molar refractivity (Wildman–Crippen MR) is 87.2 cm³/mol. The predicted octanol–water partition coefficient (Wildman–Crippen LogP) is 2.41. The van der Waals surface area contributed by atoms with E-state index < -0.39 is 0 Å². The Bertz CT molecular complexity index is 820. The van der Waals surface area contributed by atoms with Crippen LogP contribution in [0.15, 0.2) is 47.5 Å². The summed E-state index contributed by atoms with van der Waals surface area (Å²) in [6, 6.07) is 11.1. The summed E-state index contributed by atoms with van der Waals surface area (Å²) < 4.78 is 24.1. The lowest BCUT2D eigenvalue weighted by Gasteiger charge is -2.23. The molecule has 0 spiro atoms. The lowest BCUT2D eigenvalue weighted by atomic mass is 10.2. The highest BCUT2D eigenvalue weighted by molar-refractivity contribution is 6.24. The normalized spacial score (nSPS) is 16.1. The highest BCUT2D eigenvalue weighted by Gasteiger charge is 2.28. The number of carbonyl (C=O) groups is 1. The molecule has 0 bridgehead atoms. The molecule has 0 saturated carbocycles. The Balaban J connectivity index is 1.61. The van der Waals surface area contributed by atoms with E-state index in [-0.39, 0.29) is 18.3 Å². The van der Waals surface area contributed by atoms with Crippen LogP contribution in [-0.2, 0) is 4.79 Å². The number of ether oxygens (including phenoxy) is 2. The molecule has 2 aromatic rings. The van der Waals surface area contributed by atoms with Gasteiger partial charge in [0, 0.05) is 11.8 Å². The minimum absolute atomic E-state index is 0.0535. The molecule has 1 N–H and O–H groups in total. The van der Waals surface area contributed by atoms with E-state index in [1.165, 1.54) is 17.0 Å². The van der Waals surface area contributed by atoms with E-state index in [9.17, 15) is 9.18 Å². The van der Waals surface area contributed by atoms with Crippen LogP contribution in [0.3, 0.4) is 0 Å². The summed E-state index contributed by atoms with van der Waals surface area (Å²) in [6.45, 7) is 1.03. The zero-order chi connectivity index (χ0) is 16.5. The first kappa shape index (κ1) is 14.5. The molecule has 7 heteroatoms. The van der Waals surface area contributed by atoms with E-state index in [2.05, 4.69) is 10.3 Å². The Hall–Kier alpha value is -3.09. The van der Waals surface area contributed by atoms with Crippen molar-refractivity contribution < 1.29 is 18.7 Å². The van der Waals surface area contributed by atoms with Crippen molar-refractivity contribution >= 4 is 23.2 Å². The van der Waals surface area contributed by atoms with E-state index in [4.69, 9.17) is 9.47 Å². The average molecular weight is 327 g/mol. The van der Waals surface area contributed by atoms with E-state index in [1.807, 2.05) is 0 Å². The number of benzene rings is 2. The Morgan fingerprint density at radius 1 is 1.04 bits per heavy atom. The number of amides is 1. The molecule has 1 amide bonds. The Kier molecular flexibility index (Phi) is 3.53. The number of carbonyl (C=O) groups excluding carboxylic acids is 1. The molecule has 4 rings (SSSR count). The van der Waals surface area contributed by atoms with Crippen molar-refractivity contribution in [3.05, 3.63) is 48.3 Å².